The number of hydrogen-bond donors (Lipinski definition) is 1. The summed E-state index contributed by atoms with van der Waals surface area (Å²) in [5, 5.41) is 3.31. The third-order valence-corrected chi connectivity index (χ3v) is 3.62. The number of ether oxygens (including phenoxy) is 1. The Bertz CT molecular complexity index is 436. The van der Waals surface area contributed by atoms with Gasteiger partial charge in [0.2, 0.25) is 5.91 Å². The summed E-state index contributed by atoms with van der Waals surface area (Å²) in [7, 11) is 0. The van der Waals surface area contributed by atoms with E-state index in [9.17, 15) is 4.79 Å². The van der Waals surface area contributed by atoms with Crippen molar-refractivity contribution in [3.05, 3.63) is 29.8 Å². The first kappa shape index (κ1) is 11.5. The Morgan fingerprint density at radius 2 is 2.28 bits per heavy atom. The number of carbonyl (C=O) groups excluding carboxylic acids is 1. The Hall–Kier alpha value is -1.55. The van der Waals surface area contributed by atoms with Crippen molar-refractivity contribution in [3.63, 3.8) is 0 Å². The maximum absolute atomic E-state index is 12.4. The molecule has 0 aliphatic carbocycles. The van der Waals surface area contributed by atoms with Crippen molar-refractivity contribution in [2.24, 2.45) is 0 Å². The van der Waals surface area contributed by atoms with E-state index in [1.54, 1.807) is 0 Å². The van der Waals surface area contributed by atoms with Crippen molar-refractivity contribution < 1.29 is 9.53 Å². The SMILES string of the molecule is CC1CN(C(=O)C2Cc3ccccc3N2)CCO1. The number of hydrogen-bond acceptors (Lipinski definition) is 3. The first-order valence-electron chi connectivity index (χ1n) is 6.49. The average molecular weight is 246 g/mol. The molecule has 1 aromatic carbocycles. The van der Waals surface area contributed by atoms with E-state index in [4.69, 9.17) is 4.74 Å². The summed E-state index contributed by atoms with van der Waals surface area (Å²) in [5.74, 6) is 0.196. The molecule has 1 N–H and O–H groups in total. The third-order valence-electron chi connectivity index (χ3n) is 3.62. The van der Waals surface area contributed by atoms with Crippen LogP contribution in [-0.4, -0.2) is 42.6 Å². The van der Waals surface area contributed by atoms with Crippen LogP contribution in [0.15, 0.2) is 24.3 Å². The van der Waals surface area contributed by atoms with Gasteiger partial charge in [0.15, 0.2) is 0 Å². The second-order valence-corrected chi connectivity index (χ2v) is 5.02. The van der Waals surface area contributed by atoms with E-state index in [1.807, 2.05) is 30.0 Å². The molecular formula is C14H18N2O2. The Morgan fingerprint density at radius 3 is 3.06 bits per heavy atom. The first-order chi connectivity index (χ1) is 8.74. The van der Waals surface area contributed by atoms with Crippen LogP contribution in [0.3, 0.4) is 0 Å². The van der Waals surface area contributed by atoms with E-state index in [2.05, 4.69) is 11.4 Å². The molecule has 0 saturated carbocycles. The highest BCUT2D eigenvalue weighted by atomic mass is 16.5. The molecule has 1 fully saturated rings. The first-order valence-corrected chi connectivity index (χ1v) is 6.49. The van der Waals surface area contributed by atoms with Crippen molar-refractivity contribution >= 4 is 11.6 Å². The van der Waals surface area contributed by atoms with Crippen LogP contribution in [0.25, 0.3) is 0 Å². The van der Waals surface area contributed by atoms with Gasteiger partial charge in [0.25, 0.3) is 0 Å². The number of benzene rings is 1. The van der Waals surface area contributed by atoms with Crippen LogP contribution in [0.1, 0.15) is 12.5 Å². The molecule has 2 aliphatic rings. The number of carbonyl (C=O) groups is 1. The quantitative estimate of drug-likeness (QED) is 0.811. The summed E-state index contributed by atoms with van der Waals surface area (Å²) < 4.78 is 5.47. The molecule has 2 heterocycles. The highest BCUT2D eigenvalue weighted by Crippen LogP contribution is 2.26. The lowest BCUT2D eigenvalue weighted by molar-refractivity contribution is -0.138. The number of anilines is 1. The van der Waals surface area contributed by atoms with Gasteiger partial charge in [-0.25, -0.2) is 0 Å². The van der Waals surface area contributed by atoms with Crippen molar-refractivity contribution in [2.45, 2.75) is 25.5 Å². The molecule has 96 valence electrons. The fraction of sp³-hybridized carbons (Fsp3) is 0.500. The Balaban J connectivity index is 1.68. The predicted molar refractivity (Wildman–Crippen MR) is 69.6 cm³/mol. The van der Waals surface area contributed by atoms with Crippen LogP contribution < -0.4 is 5.32 Å². The molecule has 0 bridgehead atoms. The normalized spacial score (nSPS) is 26.6. The Morgan fingerprint density at radius 1 is 1.44 bits per heavy atom. The zero-order valence-corrected chi connectivity index (χ0v) is 10.6. The van der Waals surface area contributed by atoms with Crippen molar-refractivity contribution in [2.75, 3.05) is 25.0 Å². The number of nitrogens with one attached hydrogen (secondary N) is 1. The molecule has 0 aromatic heterocycles. The molecule has 4 nitrogen and oxygen atoms in total. The fourth-order valence-electron chi connectivity index (χ4n) is 2.69. The molecule has 0 spiro atoms. The highest BCUT2D eigenvalue weighted by Gasteiger charge is 2.31. The fourth-order valence-corrected chi connectivity index (χ4v) is 2.69. The van der Waals surface area contributed by atoms with Gasteiger partial charge < -0.3 is 15.0 Å². The van der Waals surface area contributed by atoms with Crippen LogP contribution in [0.5, 0.6) is 0 Å². The summed E-state index contributed by atoms with van der Waals surface area (Å²) >= 11 is 0. The Labute approximate surface area is 107 Å². The zero-order chi connectivity index (χ0) is 12.5. The standard InChI is InChI=1S/C14H18N2O2/c1-10-9-16(6-7-18-10)14(17)13-8-11-4-2-3-5-12(11)15-13/h2-5,10,13,15H,6-9H2,1H3. The average Bonchev–Trinajstić information content (AvgIpc) is 2.81. The summed E-state index contributed by atoms with van der Waals surface area (Å²) in [6, 6.07) is 8.02. The van der Waals surface area contributed by atoms with E-state index >= 15 is 0 Å². The van der Waals surface area contributed by atoms with Gasteiger partial charge in [-0.15, -0.1) is 0 Å². The van der Waals surface area contributed by atoms with E-state index in [0.29, 0.717) is 19.7 Å². The molecule has 2 aliphatic heterocycles. The molecule has 4 heteroatoms. The summed E-state index contributed by atoms with van der Waals surface area (Å²) in [6.45, 7) is 4.06. The molecular weight excluding hydrogens is 228 g/mol. The van der Waals surface area contributed by atoms with Crippen LogP contribution in [0, 0.1) is 0 Å². The molecule has 1 saturated heterocycles. The summed E-state index contributed by atoms with van der Waals surface area (Å²) in [4.78, 5) is 14.3. The van der Waals surface area contributed by atoms with Gasteiger partial charge >= 0.3 is 0 Å². The smallest absolute Gasteiger partial charge is 0.245 e. The monoisotopic (exact) mass is 246 g/mol. The predicted octanol–water partition coefficient (Wildman–Crippen LogP) is 1.27. The topological polar surface area (TPSA) is 41.6 Å². The van der Waals surface area contributed by atoms with E-state index in [-0.39, 0.29) is 18.1 Å². The van der Waals surface area contributed by atoms with Gasteiger partial charge in [0.1, 0.15) is 6.04 Å². The largest absolute Gasteiger partial charge is 0.375 e. The minimum Gasteiger partial charge on any atom is -0.375 e. The maximum atomic E-state index is 12.4. The lowest BCUT2D eigenvalue weighted by Crippen LogP contribution is -2.49. The Kier molecular flexibility index (Phi) is 2.96. The molecule has 18 heavy (non-hydrogen) atoms. The lowest BCUT2D eigenvalue weighted by atomic mass is 10.1. The second kappa shape index (κ2) is 4.61. The number of rotatable bonds is 1. The van der Waals surface area contributed by atoms with Crippen molar-refractivity contribution in [3.8, 4) is 0 Å². The number of nitrogens with zero attached hydrogens (tertiary/aromatic N) is 1. The van der Waals surface area contributed by atoms with Gasteiger partial charge in [-0.1, -0.05) is 18.2 Å². The van der Waals surface area contributed by atoms with Crippen molar-refractivity contribution in [1.29, 1.82) is 0 Å². The number of para-hydroxylation sites is 1. The molecule has 3 rings (SSSR count). The number of fused-ring (bicyclic) bond motifs is 1. The molecule has 2 unspecified atom stereocenters. The van der Waals surface area contributed by atoms with Crippen LogP contribution in [0.2, 0.25) is 0 Å². The van der Waals surface area contributed by atoms with Gasteiger partial charge in [-0.2, -0.15) is 0 Å². The second-order valence-electron chi connectivity index (χ2n) is 5.02. The summed E-state index contributed by atoms with van der Waals surface area (Å²) in [5.41, 5.74) is 2.33. The van der Waals surface area contributed by atoms with Crippen LogP contribution in [0.4, 0.5) is 5.69 Å². The number of amides is 1. The third kappa shape index (κ3) is 2.08. The van der Waals surface area contributed by atoms with Crippen molar-refractivity contribution in [1.82, 2.24) is 4.90 Å². The molecule has 0 radical (unpaired) electrons. The molecule has 1 aromatic rings. The zero-order valence-electron chi connectivity index (χ0n) is 10.6. The van der Waals surface area contributed by atoms with Gasteiger partial charge in [-0.3, -0.25) is 4.79 Å². The number of morpholine rings is 1. The summed E-state index contributed by atoms with van der Waals surface area (Å²) in [6.07, 6.45) is 0.937. The molecule has 1 amide bonds. The minimum atomic E-state index is -0.104. The van der Waals surface area contributed by atoms with Gasteiger partial charge in [0, 0.05) is 25.2 Å². The van der Waals surface area contributed by atoms with Crippen LogP contribution >= 0.6 is 0 Å². The minimum absolute atomic E-state index is 0.104. The molecule has 2 atom stereocenters. The van der Waals surface area contributed by atoms with E-state index in [1.165, 1.54) is 5.56 Å². The lowest BCUT2D eigenvalue weighted by Gasteiger charge is -2.32. The van der Waals surface area contributed by atoms with Crippen LogP contribution in [-0.2, 0) is 16.0 Å². The van der Waals surface area contributed by atoms with E-state index < -0.39 is 0 Å². The van der Waals surface area contributed by atoms with E-state index in [0.717, 1.165) is 12.1 Å². The maximum Gasteiger partial charge on any atom is 0.245 e. The highest BCUT2D eigenvalue weighted by molar-refractivity contribution is 5.87. The van der Waals surface area contributed by atoms with Gasteiger partial charge in [0.05, 0.1) is 12.7 Å². The van der Waals surface area contributed by atoms with Gasteiger partial charge in [-0.05, 0) is 18.6 Å².